The molecule has 1 fully saturated rings. The lowest BCUT2D eigenvalue weighted by Gasteiger charge is -2.17. The summed E-state index contributed by atoms with van der Waals surface area (Å²) in [5.74, 6) is 0.869. The molecule has 2 unspecified atom stereocenters. The van der Waals surface area contributed by atoms with Gasteiger partial charge in [-0.05, 0) is 43.6 Å². The third-order valence-corrected chi connectivity index (χ3v) is 3.21. The Morgan fingerprint density at radius 1 is 1.38 bits per heavy atom. The van der Waals surface area contributed by atoms with Gasteiger partial charge in [-0.1, -0.05) is 6.08 Å². The van der Waals surface area contributed by atoms with Crippen LogP contribution in [0.5, 0.6) is 0 Å². The van der Waals surface area contributed by atoms with Gasteiger partial charge in [0.25, 0.3) is 0 Å². The topological polar surface area (TPSA) is 43.1 Å². The van der Waals surface area contributed by atoms with Crippen LogP contribution in [-0.2, 0) is 4.79 Å². The molecule has 72 valence electrons. The first kappa shape index (κ1) is 8.95. The van der Waals surface area contributed by atoms with E-state index in [2.05, 4.69) is 6.08 Å². The standard InChI is InChI=1S/C11H17NO/c12-9-6-5-8(7-9)10-3-1-2-4-11(10)13/h3,8-9H,1-2,4-7,12H2. The highest BCUT2D eigenvalue weighted by Gasteiger charge is 2.28. The molecule has 0 spiro atoms. The van der Waals surface area contributed by atoms with E-state index in [1.807, 2.05) is 0 Å². The molecule has 2 rings (SSSR count). The van der Waals surface area contributed by atoms with Gasteiger partial charge >= 0.3 is 0 Å². The van der Waals surface area contributed by atoms with Crippen LogP contribution in [0.1, 0.15) is 38.5 Å². The Labute approximate surface area is 79.2 Å². The molecule has 2 N–H and O–H groups in total. The van der Waals surface area contributed by atoms with Gasteiger partial charge in [0.05, 0.1) is 0 Å². The summed E-state index contributed by atoms with van der Waals surface area (Å²) >= 11 is 0. The third-order valence-electron chi connectivity index (χ3n) is 3.21. The zero-order valence-corrected chi connectivity index (χ0v) is 7.96. The van der Waals surface area contributed by atoms with Crippen molar-refractivity contribution in [3.8, 4) is 0 Å². The molecule has 2 heteroatoms. The SMILES string of the molecule is NC1CCC(C2=CCCCC2=O)C1. The molecular formula is C11H17NO. The lowest BCUT2D eigenvalue weighted by atomic mass is 9.87. The zero-order chi connectivity index (χ0) is 9.26. The number of carbonyl (C=O) groups excluding carboxylic acids is 1. The number of Topliss-reactive ketones (excluding diaryl/α,β-unsaturated/α-hetero) is 1. The quantitative estimate of drug-likeness (QED) is 0.667. The van der Waals surface area contributed by atoms with Crippen molar-refractivity contribution < 1.29 is 4.79 Å². The molecule has 0 heterocycles. The lowest BCUT2D eigenvalue weighted by molar-refractivity contribution is -0.116. The van der Waals surface area contributed by atoms with Gasteiger partial charge in [0.15, 0.2) is 5.78 Å². The minimum absolute atomic E-state index is 0.334. The molecule has 2 atom stereocenters. The van der Waals surface area contributed by atoms with Gasteiger partial charge in [0.1, 0.15) is 0 Å². The van der Waals surface area contributed by atoms with Gasteiger partial charge in [-0.2, -0.15) is 0 Å². The second-order valence-electron chi connectivity index (χ2n) is 4.24. The molecule has 0 aromatic heterocycles. The van der Waals surface area contributed by atoms with E-state index in [0.717, 1.165) is 44.1 Å². The molecule has 2 aliphatic rings. The highest BCUT2D eigenvalue weighted by molar-refractivity contribution is 5.96. The van der Waals surface area contributed by atoms with E-state index in [4.69, 9.17) is 5.73 Å². The number of nitrogens with two attached hydrogens (primary N) is 1. The van der Waals surface area contributed by atoms with Crippen molar-refractivity contribution in [3.05, 3.63) is 11.6 Å². The Morgan fingerprint density at radius 2 is 2.23 bits per heavy atom. The van der Waals surface area contributed by atoms with E-state index < -0.39 is 0 Å². The summed E-state index contributed by atoms with van der Waals surface area (Å²) in [5, 5.41) is 0. The van der Waals surface area contributed by atoms with Crippen molar-refractivity contribution in [3.63, 3.8) is 0 Å². The van der Waals surface area contributed by atoms with Crippen molar-refractivity contribution in [2.45, 2.75) is 44.6 Å². The number of ketones is 1. The number of allylic oxidation sites excluding steroid dienone is 2. The van der Waals surface area contributed by atoms with Gasteiger partial charge in [0.2, 0.25) is 0 Å². The van der Waals surface area contributed by atoms with Gasteiger partial charge in [-0.25, -0.2) is 0 Å². The molecule has 1 saturated carbocycles. The summed E-state index contributed by atoms with van der Waals surface area (Å²) in [4.78, 5) is 11.6. The van der Waals surface area contributed by atoms with Crippen LogP contribution in [0.15, 0.2) is 11.6 Å². The van der Waals surface area contributed by atoms with Crippen LogP contribution in [0.25, 0.3) is 0 Å². The van der Waals surface area contributed by atoms with E-state index in [0.29, 0.717) is 17.7 Å². The average molecular weight is 179 g/mol. The maximum absolute atomic E-state index is 11.6. The summed E-state index contributed by atoms with van der Waals surface area (Å²) in [6.45, 7) is 0. The minimum atomic E-state index is 0.334. The highest BCUT2D eigenvalue weighted by Crippen LogP contribution is 2.33. The molecule has 0 aliphatic heterocycles. The molecule has 0 aromatic carbocycles. The molecule has 2 nitrogen and oxygen atoms in total. The van der Waals surface area contributed by atoms with Crippen LogP contribution in [0, 0.1) is 5.92 Å². The van der Waals surface area contributed by atoms with Crippen LogP contribution in [0.2, 0.25) is 0 Å². The maximum Gasteiger partial charge on any atom is 0.158 e. The number of carbonyl (C=O) groups is 1. The van der Waals surface area contributed by atoms with Crippen LogP contribution in [0.3, 0.4) is 0 Å². The van der Waals surface area contributed by atoms with E-state index >= 15 is 0 Å². The highest BCUT2D eigenvalue weighted by atomic mass is 16.1. The van der Waals surface area contributed by atoms with Crippen molar-refractivity contribution in [2.24, 2.45) is 11.7 Å². The van der Waals surface area contributed by atoms with Crippen LogP contribution in [-0.4, -0.2) is 11.8 Å². The Morgan fingerprint density at radius 3 is 2.85 bits per heavy atom. The monoisotopic (exact) mass is 179 g/mol. The lowest BCUT2D eigenvalue weighted by Crippen LogP contribution is -2.18. The van der Waals surface area contributed by atoms with Crippen molar-refractivity contribution in [1.29, 1.82) is 0 Å². The Balaban J connectivity index is 2.07. The molecule has 0 amide bonds. The van der Waals surface area contributed by atoms with Gasteiger partial charge in [0, 0.05) is 12.5 Å². The average Bonchev–Trinajstić information content (AvgIpc) is 2.53. The molecule has 13 heavy (non-hydrogen) atoms. The van der Waals surface area contributed by atoms with E-state index in [9.17, 15) is 4.79 Å². The summed E-state index contributed by atoms with van der Waals surface area (Å²) in [7, 11) is 0. The first-order valence-electron chi connectivity index (χ1n) is 5.26. The predicted molar refractivity (Wildman–Crippen MR) is 52.3 cm³/mol. The first-order chi connectivity index (χ1) is 6.27. The zero-order valence-electron chi connectivity index (χ0n) is 7.96. The number of rotatable bonds is 1. The normalized spacial score (nSPS) is 34.8. The van der Waals surface area contributed by atoms with E-state index in [1.54, 1.807) is 0 Å². The molecule has 2 aliphatic carbocycles. The summed E-state index contributed by atoms with van der Waals surface area (Å²) < 4.78 is 0. The van der Waals surface area contributed by atoms with E-state index in [-0.39, 0.29) is 0 Å². The number of hydrogen-bond donors (Lipinski definition) is 1. The first-order valence-corrected chi connectivity index (χ1v) is 5.26. The summed E-state index contributed by atoms with van der Waals surface area (Å²) in [6.07, 6.45) is 8.28. The molecule has 0 bridgehead atoms. The van der Waals surface area contributed by atoms with Crippen LogP contribution >= 0.6 is 0 Å². The maximum atomic E-state index is 11.6. The fraction of sp³-hybridized carbons (Fsp3) is 0.727. The molecule has 0 saturated heterocycles. The Bertz CT molecular complexity index is 244. The smallest absolute Gasteiger partial charge is 0.158 e. The molecular weight excluding hydrogens is 162 g/mol. The van der Waals surface area contributed by atoms with Crippen molar-refractivity contribution in [1.82, 2.24) is 0 Å². The van der Waals surface area contributed by atoms with Gasteiger partial charge in [-0.15, -0.1) is 0 Å². The largest absolute Gasteiger partial charge is 0.328 e. The van der Waals surface area contributed by atoms with Gasteiger partial charge < -0.3 is 5.73 Å². The summed E-state index contributed by atoms with van der Waals surface area (Å²) in [6, 6.07) is 0.334. The predicted octanol–water partition coefficient (Wildman–Crippen LogP) is 1.79. The molecule has 0 radical (unpaired) electrons. The second-order valence-corrected chi connectivity index (χ2v) is 4.24. The Kier molecular flexibility index (Phi) is 2.49. The van der Waals surface area contributed by atoms with Crippen LogP contribution in [0.4, 0.5) is 0 Å². The van der Waals surface area contributed by atoms with E-state index in [1.165, 1.54) is 0 Å². The van der Waals surface area contributed by atoms with Crippen LogP contribution < -0.4 is 5.73 Å². The fourth-order valence-corrected chi connectivity index (χ4v) is 2.47. The van der Waals surface area contributed by atoms with Crippen molar-refractivity contribution >= 4 is 5.78 Å². The minimum Gasteiger partial charge on any atom is -0.328 e. The fourth-order valence-electron chi connectivity index (χ4n) is 2.47. The number of hydrogen-bond acceptors (Lipinski definition) is 2. The third kappa shape index (κ3) is 1.83. The van der Waals surface area contributed by atoms with Gasteiger partial charge in [-0.3, -0.25) is 4.79 Å². The second kappa shape index (κ2) is 3.62. The summed E-state index contributed by atoms with van der Waals surface area (Å²) in [5.41, 5.74) is 6.94. The van der Waals surface area contributed by atoms with Crippen molar-refractivity contribution in [2.75, 3.05) is 0 Å². The Hall–Kier alpha value is -0.630. The molecule has 0 aromatic rings.